The number of benzene rings is 4. The third kappa shape index (κ3) is 6.40. The predicted molar refractivity (Wildman–Crippen MR) is 158 cm³/mol. The van der Waals surface area contributed by atoms with E-state index in [0.717, 1.165) is 5.56 Å². The van der Waals surface area contributed by atoms with Crippen LogP contribution in [0.2, 0.25) is 5.02 Å². The summed E-state index contributed by atoms with van der Waals surface area (Å²) >= 11 is 6.41. The lowest BCUT2D eigenvalue weighted by Crippen LogP contribution is -2.40. The number of hydrogen-bond donors (Lipinski definition) is 1. The van der Waals surface area contributed by atoms with E-state index in [4.69, 9.17) is 25.8 Å². The van der Waals surface area contributed by atoms with Gasteiger partial charge in [0.2, 0.25) is 5.91 Å². The van der Waals surface area contributed by atoms with Gasteiger partial charge in [-0.3, -0.25) is 9.59 Å². The second-order valence-electron chi connectivity index (χ2n) is 9.83. The first-order valence-electron chi connectivity index (χ1n) is 13.4. The Bertz CT molecular complexity index is 1580. The molecule has 5 rings (SSSR count). The van der Waals surface area contributed by atoms with Crippen LogP contribution in [0.3, 0.4) is 0 Å². The minimum Gasteiger partial charge on any atom is -0.492 e. The smallest absolute Gasteiger partial charge is 0.256 e. The molecule has 1 N–H and O–H groups in total. The van der Waals surface area contributed by atoms with Gasteiger partial charge in [0.25, 0.3) is 5.91 Å². The van der Waals surface area contributed by atoms with E-state index in [0.29, 0.717) is 45.5 Å². The highest BCUT2D eigenvalue weighted by Crippen LogP contribution is 2.45. The maximum absolute atomic E-state index is 14.1. The van der Waals surface area contributed by atoms with Gasteiger partial charge < -0.3 is 24.4 Å². The standard InChI is InChI=1S/C33H30ClFN2O5/c1-37-27-16-15-23(34)17-25(27)31(24-12-8-14-28(32(24)40-2)41-20-21-9-4-3-5-10-21)42-29(33(37)39)18-30(38)36-19-22-11-6-7-13-26(22)35/h3-17,29,31H,18-20H2,1-2H3,(H,36,38). The SMILES string of the molecule is COc1c(OCc2ccccc2)cccc1C1OC(CC(=O)NCc2ccccc2F)C(=O)N(C)c2ccc(Cl)cc21. The molecule has 7 nitrogen and oxygen atoms in total. The zero-order chi connectivity index (χ0) is 29.6. The van der Waals surface area contributed by atoms with Crippen molar-refractivity contribution >= 4 is 29.1 Å². The highest BCUT2D eigenvalue weighted by molar-refractivity contribution is 6.30. The molecule has 1 aliphatic rings. The van der Waals surface area contributed by atoms with Crippen molar-refractivity contribution in [3.8, 4) is 11.5 Å². The Morgan fingerprint density at radius 1 is 1.00 bits per heavy atom. The number of methoxy groups -OCH3 is 1. The van der Waals surface area contributed by atoms with Crippen LogP contribution in [-0.4, -0.2) is 32.1 Å². The van der Waals surface area contributed by atoms with Gasteiger partial charge in [-0.1, -0.05) is 72.3 Å². The summed E-state index contributed by atoms with van der Waals surface area (Å²) in [6, 6.07) is 26.5. The Hall–Kier alpha value is -4.40. The van der Waals surface area contributed by atoms with E-state index in [1.165, 1.54) is 18.1 Å². The van der Waals surface area contributed by atoms with E-state index in [-0.39, 0.29) is 13.0 Å². The molecule has 0 aromatic heterocycles. The summed E-state index contributed by atoms with van der Waals surface area (Å²) in [5.41, 5.74) is 3.15. The van der Waals surface area contributed by atoms with Crippen LogP contribution in [0, 0.1) is 5.82 Å². The number of nitrogens with zero attached hydrogens (tertiary/aromatic N) is 1. The molecule has 0 bridgehead atoms. The molecule has 0 saturated heterocycles. The van der Waals surface area contributed by atoms with Gasteiger partial charge >= 0.3 is 0 Å². The summed E-state index contributed by atoms with van der Waals surface area (Å²) in [7, 11) is 3.16. The zero-order valence-electron chi connectivity index (χ0n) is 23.2. The molecule has 1 aliphatic heterocycles. The summed E-state index contributed by atoms with van der Waals surface area (Å²) in [4.78, 5) is 28.0. The Morgan fingerprint density at radius 2 is 1.76 bits per heavy atom. The van der Waals surface area contributed by atoms with Crippen molar-refractivity contribution in [2.45, 2.75) is 31.8 Å². The minimum absolute atomic E-state index is 0.0177. The number of halogens is 2. The summed E-state index contributed by atoms with van der Waals surface area (Å²) in [6.07, 6.45) is -2.25. The van der Waals surface area contributed by atoms with Crippen LogP contribution in [0.25, 0.3) is 0 Å². The average Bonchev–Trinajstić information content (AvgIpc) is 3.10. The van der Waals surface area contributed by atoms with Crippen LogP contribution in [0.5, 0.6) is 11.5 Å². The van der Waals surface area contributed by atoms with Gasteiger partial charge in [-0.2, -0.15) is 0 Å². The molecule has 0 aliphatic carbocycles. The van der Waals surface area contributed by atoms with Gasteiger partial charge in [0.05, 0.1) is 13.5 Å². The number of nitrogens with one attached hydrogen (secondary N) is 1. The number of amides is 2. The quantitative estimate of drug-likeness (QED) is 0.251. The van der Waals surface area contributed by atoms with E-state index in [2.05, 4.69) is 5.32 Å². The van der Waals surface area contributed by atoms with Gasteiger partial charge in [-0.05, 0) is 35.9 Å². The van der Waals surface area contributed by atoms with Crippen molar-refractivity contribution in [3.63, 3.8) is 0 Å². The summed E-state index contributed by atoms with van der Waals surface area (Å²) in [5, 5.41) is 3.15. The topological polar surface area (TPSA) is 77.1 Å². The number of ether oxygens (including phenoxy) is 3. The molecule has 2 unspecified atom stereocenters. The Kier molecular flexibility index (Phi) is 9.05. The lowest BCUT2D eigenvalue weighted by atomic mass is 9.98. The lowest BCUT2D eigenvalue weighted by Gasteiger charge is -2.24. The molecule has 9 heteroatoms. The number of carbonyl (C=O) groups is 2. The van der Waals surface area contributed by atoms with Crippen molar-refractivity contribution in [2.24, 2.45) is 0 Å². The number of para-hydroxylation sites is 1. The summed E-state index contributed by atoms with van der Waals surface area (Å²) in [6.45, 7) is 0.302. The number of hydrogen-bond acceptors (Lipinski definition) is 5. The van der Waals surface area contributed by atoms with E-state index in [1.807, 2.05) is 42.5 Å². The van der Waals surface area contributed by atoms with E-state index >= 15 is 0 Å². The Balaban J connectivity index is 1.46. The first-order valence-corrected chi connectivity index (χ1v) is 13.8. The Morgan fingerprint density at radius 3 is 2.52 bits per heavy atom. The van der Waals surface area contributed by atoms with Gasteiger partial charge in [-0.25, -0.2) is 4.39 Å². The fraction of sp³-hybridized carbons (Fsp3) is 0.212. The van der Waals surface area contributed by atoms with Gasteiger partial charge in [-0.15, -0.1) is 0 Å². The number of likely N-dealkylation sites (N-methyl/N-ethyl adjacent to an activating group) is 1. The monoisotopic (exact) mass is 588 g/mol. The largest absolute Gasteiger partial charge is 0.492 e. The van der Waals surface area contributed by atoms with E-state index in [1.54, 1.807) is 49.5 Å². The zero-order valence-corrected chi connectivity index (χ0v) is 23.9. The Labute approximate surface area is 248 Å². The van der Waals surface area contributed by atoms with Crippen LogP contribution in [-0.2, 0) is 27.5 Å². The van der Waals surface area contributed by atoms with Crippen LogP contribution in [0.4, 0.5) is 10.1 Å². The number of rotatable bonds is 9. The molecule has 0 radical (unpaired) electrons. The summed E-state index contributed by atoms with van der Waals surface area (Å²) < 4.78 is 32.5. The van der Waals surface area contributed by atoms with Crippen molar-refractivity contribution < 1.29 is 28.2 Å². The number of anilines is 1. The third-order valence-corrected chi connectivity index (χ3v) is 7.31. The van der Waals surface area contributed by atoms with Crippen molar-refractivity contribution in [2.75, 3.05) is 19.1 Å². The van der Waals surface area contributed by atoms with Crippen LogP contribution < -0.4 is 19.7 Å². The fourth-order valence-electron chi connectivity index (χ4n) is 4.93. The highest BCUT2D eigenvalue weighted by Gasteiger charge is 2.37. The molecule has 2 amide bonds. The molecule has 1 heterocycles. The van der Waals surface area contributed by atoms with Crippen LogP contribution >= 0.6 is 11.6 Å². The van der Waals surface area contributed by atoms with Crippen LogP contribution in [0.1, 0.15) is 34.8 Å². The predicted octanol–water partition coefficient (Wildman–Crippen LogP) is 6.22. The average molecular weight is 589 g/mol. The van der Waals surface area contributed by atoms with Gasteiger partial charge in [0, 0.05) is 41.0 Å². The second-order valence-corrected chi connectivity index (χ2v) is 10.3. The third-order valence-electron chi connectivity index (χ3n) is 7.08. The van der Waals surface area contributed by atoms with E-state index < -0.39 is 29.8 Å². The molecule has 42 heavy (non-hydrogen) atoms. The lowest BCUT2D eigenvalue weighted by molar-refractivity contribution is -0.137. The summed E-state index contributed by atoms with van der Waals surface area (Å²) in [5.74, 6) is -0.358. The maximum Gasteiger partial charge on any atom is 0.256 e. The molecule has 2 atom stereocenters. The molecule has 0 spiro atoms. The second kappa shape index (κ2) is 13.1. The molecule has 0 fully saturated rings. The molecule has 4 aromatic carbocycles. The molecular formula is C33H30ClFN2O5. The van der Waals surface area contributed by atoms with Crippen molar-refractivity contribution in [3.05, 3.63) is 124 Å². The molecule has 4 aromatic rings. The highest BCUT2D eigenvalue weighted by atomic mass is 35.5. The minimum atomic E-state index is -1.15. The first kappa shape index (κ1) is 29.1. The maximum atomic E-state index is 14.1. The molecule has 216 valence electrons. The molecular weight excluding hydrogens is 559 g/mol. The first-order chi connectivity index (χ1) is 20.4. The van der Waals surface area contributed by atoms with Gasteiger partial charge in [0.1, 0.15) is 24.6 Å². The number of fused-ring (bicyclic) bond motifs is 1. The van der Waals surface area contributed by atoms with Gasteiger partial charge in [0.15, 0.2) is 11.5 Å². The van der Waals surface area contributed by atoms with Crippen molar-refractivity contribution in [1.82, 2.24) is 5.32 Å². The molecule has 0 saturated carbocycles. The van der Waals surface area contributed by atoms with Crippen molar-refractivity contribution in [1.29, 1.82) is 0 Å². The fourth-order valence-corrected chi connectivity index (χ4v) is 5.11. The normalized spacial score (nSPS) is 16.4. The van der Waals surface area contributed by atoms with Crippen LogP contribution in [0.15, 0.2) is 91.0 Å². The number of carbonyl (C=O) groups excluding carboxylic acids is 2. The van der Waals surface area contributed by atoms with E-state index in [9.17, 15) is 14.0 Å².